The Kier molecular flexibility index (Phi) is 5.97. The first-order valence-corrected chi connectivity index (χ1v) is 10.9. The third kappa shape index (κ3) is 4.30. The maximum absolute atomic E-state index is 12.7. The molecular weight excluding hydrogens is 394 g/mol. The molecule has 0 saturated carbocycles. The predicted molar refractivity (Wildman–Crippen MR) is 121 cm³/mol. The third-order valence-electron chi connectivity index (χ3n) is 5.43. The molecule has 0 aliphatic heterocycles. The number of fused-ring (bicyclic) bond motifs is 1. The van der Waals surface area contributed by atoms with Crippen molar-refractivity contribution in [2.24, 2.45) is 5.73 Å². The van der Waals surface area contributed by atoms with E-state index in [-0.39, 0.29) is 18.5 Å². The van der Waals surface area contributed by atoms with Crippen LogP contribution < -0.4 is 16.4 Å². The smallest absolute Gasteiger partial charge is 0.251 e. The molecule has 4 rings (SSSR count). The Morgan fingerprint density at radius 1 is 1.03 bits per heavy atom. The monoisotopic (exact) mass is 419 g/mol. The van der Waals surface area contributed by atoms with Crippen LogP contribution in [0.15, 0.2) is 54.6 Å². The van der Waals surface area contributed by atoms with Gasteiger partial charge in [0.25, 0.3) is 5.91 Å². The van der Waals surface area contributed by atoms with E-state index in [9.17, 15) is 9.59 Å². The SMILES string of the molecule is Cc1ccc([C@H](NCC(=O)Nc2sc3c(c2C(N)=O)CCC3)c2ccccc2)cc1. The Bertz CT molecular complexity index is 1060. The van der Waals surface area contributed by atoms with Crippen LogP contribution in [0.4, 0.5) is 5.00 Å². The number of nitrogens with two attached hydrogens (primary N) is 1. The van der Waals surface area contributed by atoms with Crippen LogP contribution in [0.3, 0.4) is 0 Å². The molecule has 2 amide bonds. The molecule has 4 N–H and O–H groups in total. The minimum absolute atomic E-state index is 0.110. The quantitative estimate of drug-likeness (QED) is 0.542. The normalized spacial score (nSPS) is 13.6. The van der Waals surface area contributed by atoms with Crippen molar-refractivity contribution in [3.05, 3.63) is 87.3 Å². The van der Waals surface area contributed by atoms with Crippen molar-refractivity contribution in [3.8, 4) is 0 Å². The van der Waals surface area contributed by atoms with Crippen LogP contribution in [0.5, 0.6) is 0 Å². The largest absolute Gasteiger partial charge is 0.365 e. The fraction of sp³-hybridized carbons (Fsp3) is 0.250. The van der Waals surface area contributed by atoms with Gasteiger partial charge in [-0.3, -0.25) is 14.9 Å². The molecule has 6 heteroatoms. The highest BCUT2D eigenvalue weighted by molar-refractivity contribution is 7.17. The molecule has 0 radical (unpaired) electrons. The molecule has 5 nitrogen and oxygen atoms in total. The van der Waals surface area contributed by atoms with Crippen molar-refractivity contribution in [1.29, 1.82) is 0 Å². The van der Waals surface area contributed by atoms with Gasteiger partial charge in [-0.25, -0.2) is 0 Å². The number of thiophene rings is 1. The van der Waals surface area contributed by atoms with Gasteiger partial charge in [0.1, 0.15) is 5.00 Å². The number of primary amides is 1. The lowest BCUT2D eigenvalue weighted by molar-refractivity contribution is -0.115. The first-order chi connectivity index (χ1) is 14.5. The standard InChI is InChI=1S/C24H25N3O2S/c1-15-10-12-17(13-11-15)22(16-6-3-2-4-7-16)26-14-20(28)27-24-21(23(25)29)18-8-5-9-19(18)30-24/h2-4,6-7,10-13,22,26H,5,8-9,14H2,1H3,(H2,25,29)(H,27,28)/t22-/m1/s1. The second-order valence-electron chi connectivity index (χ2n) is 7.61. The van der Waals surface area contributed by atoms with Gasteiger partial charge in [0, 0.05) is 4.88 Å². The molecule has 1 aliphatic rings. The molecule has 1 aromatic heterocycles. The molecule has 1 atom stereocenters. The van der Waals surface area contributed by atoms with Gasteiger partial charge in [-0.15, -0.1) is 11.3 Å². The van der Waals surface area contributed by atoms with Crippen molar-refractivity contribution in [2.75, 3.05) is 11.9 Å². The number of amides is 2. The van der Waals surface area contributed by atoms with E-state index in [0.717, 1.165) is 40.8 Å². The van der Waals surface area contributed by atoms with Crippen LogP contribution in [-0.2, 0) is 17.6 Å². The lowest BCUT2D eigenvalue weighted by Gasteiger charge is -2.20. The zero-order valence-electron chi connectivity index (χ0n) is 16.9. The molecule has 30 heavy (non-hydrogen) atoms. The summed E-state index contributed by atoms with van der Waals surface area (Å²) in [6.07, 6.45) is 2.83. The van der Waals surface area contributed by atoms with Crippen molar-refractivity contribution in [1.82, 2.24) is 5.32 Å². The topological polar surface area (TPSA) is 84.2 Å². The van der Waals surface area contributed by atoms with Crippen LogP contribution in [0.2, 0.25) is 0 Å². The summed E-state index contributed by atoms with van der Waals surface area (Å²) >= 11 is 1.47. The first kappa shape index (κ1) is 20.3. The number of hydrogen-bond donors (Lipinski definition) is 3. The van der Waals surface area contributed by atoms with E-state index in [0.29, 0.717) is 10.6 Å². The van der Waals surface area contributed by atoms with Crippen molar-refractivity contribution in [3.63, 3.8) is 0 Å². The van der Waals surface area contributed by atoms with E-state index in [4.69, 9.17) is 5.73 Å². The maximum atomic E-state index is 12.7. The van der Waals surface area contributed by atoms with Gasteiger partial charge in [-0.1, -0.05) is 60.2 Å². The lowest BCUT2D eigenvalue weighted by atomic mass is 9.98. The molecule has 154 valence electrons. The zero-order chi connectivity index (χ0) is 21.1. The fourth-order valence-electron chi connectivity index (χ4n) is 3.95. The van der Waals surface area contributed by atoms with Gasteiger partial charge in [0.05, 0.1) is 18.2 Å². The summed E-state index contributed by atoms with van der Waals surface area (Å²) in [6.45, 7) is 2.17. The van der Waals surface area contributed by atoms with Gasteiger partial charge >= 0.3 is 0 Å². The number of aryl methyl sites for hydroxylation is 2. The molecular formula is C24H25N3O2S. The highest BCUT2D eigenvalue weighted by Crippen LogP contribution is 2.38. The summed E-state index contributed by atoms with van der Waals surface area (Å²) in [4.78, 5) is 25.8. The summed E-state index contributed by atoms with van der Waals surface area (Å²) in [5, 5.41) is 6.85. The van der Waals surface area contributed by atoms with Crippen LogP contribution in [0.1, 0.15) is 50.0 Å². The minimum atomic E-state index is -0.473. The molecule has 0 saturated heterocycles. The van der Waals surface area contributed by atoms with Gasteiger partial charge in [0.15, 0.2) is 0 Å². The summed E-state index contributed by atoms with van der Waals surface area (Å²) in [7, 11) is 0. The van der Waals surface area contributed by atoms with Crippen LogP contribution >= 0.6 is 11.3 Å². The van der Waals surface area contributed by atoms with Crippen molar-refractivity contribution >= 4 is 28.2 Å². The van der Waals surface area contributed by atoms with Crippen molar-refractivity contribution in [2.45, 2.75) is 32.2 Å². The number of hydrogen-bond acceptors (Lipinski definition) is 4. The second kappa shape index (κ2) is 8.81. The van der Waals surface area contributed by atoms with Gasteiger partial charge in [0.2, 0.25) is 5.91 Å². The summed E-state index contributed by atoms with van der Waals surface area (Å²) < 4.78 is 0. The Hall–Kier alpha value is -2.96. The number of anilines is 1. The van der Waals surface area contributed by atoms with E-state index in [1.165, 1.54) is 16.9 Å². The fourth-order valence-corrected chi connectivity index (χ4v) is 5.26. The molecule has 1 aliphatic carbocycles. The number of rotatable bonds is 7. The lowest BCUT2D eigenvalue weighted by Crippen LogP contribution is -2.32. The summed E-state index contributed by atoms with van der Waals surface area (Å²) in [5.41, 5.74) is 10.5. The Labute approximate surface area is 180 Å². The number of carbonyl (C=O) groups is 2. The molecule has 0 spiro atoms. The van der Waals surface area contributed by atoms with Crippen LogP contribution in [-0.4, -0.2) is 18.4 Å². The Balaban J connectivity index is 1.50. The van der Waals surface area contributed by atoms with Gasteiger partial charge < -0.3 is 11.1 Å². The molecule has 0 fully saturated rings. The summed E-state index contributed by atoms with van der Waals surface area (Å²) in [5.74, 6) is -0.662. The number of benzene rings is 2. The Morgan fingerprint density at radius 3 is 2.43 bits per heavy atom. The minimum Gasteiger partial charge on any atom is -0.365 e. The number of carbonyl (C=O) groups excluding carboxylic acids is 2. The molecule has 0 unspecified atom stereocenters. The van der Waals surface area contributed by atoms with E-state index < -0.39 is 5.91 Å². The van der Waals surface area contributed by atoms with E-state index in [1.54, 1.807) is 0 Å². The van der Waals surface area contributed by atoms with Gasteiger partial charge in [-0.2, -0.15) is 0 Å². The van der Waals surface area contributed by atoms with Gasteiger partial charge in [-0.05, 0) is 42.9 Å². The highest BCUT2D eigenvalue weighted by atomic mass is 32.1. The highest BCUT2D eigenvalue weighted by Gasteiger charge is 2.26. The molecule has 1 heterocycles. The van der Waals surface area contributed by atoms with E-state index in [2.05, 4.69) is 41.8 Å². The Morgan fingerprint density at radius 2 is 1.73 bits per heavy atom. The van der Waals surface area contributed by atoms with Crippen molar-refractivity contribution < 1.29 is 9.59 Å². The molecule has 0 bridgehead atoms. The average molecular weight is 420 g/mol. The first-order valence-electron chi connectivity index (χ1n) is 10.1. The zero-order valence-corrected chi connectivity index (χ0v) is 17.7. The van der Waals surface area contributed by atoms with E-state index in [1.807, 2.05) is 30.3 Å². The average Bonchev–Trinajstić information content (AvgIpc) is 3.30. The molecule has 3 aromatic rings. The molecule has 2 aromatic carbocycles. The van der Waals surface area contributed by atoms with Crippen LogP contribution in [0.25, 0.3) is 0 Å². The number of nitrogens with one attached hydrogen (secondary N) is 2. The maximum Gasteiger partial charge on any atom is 0.251 e. The second-order valence-corrected chi connectivity index (χ2v) is 8.71. The van der Waals surface area contributed by atoms with Crippen LogP contribution in [0, 0.1) is 6.92 Å². The third-order valence-corrected chi connectivity index (χ3v) is 6.64. The predicted octanol–water partition coefficient (Wildman–Crippen LogP) is 3.96. The summed E-state index contributed by atoms with van der Waals surface area (Å²) in [6, 6.07) is 18.2. The van der Waals surface area contributed by atoms with E-state index >= 15 is 0 Å².